The summed E-state index contributed by atoms with van der Waals surface area (Å²) in [6.07, 6.45) is 1.11. The number of ether oxygens (including phenoxy) is 1. The highest BCUT2D eigenvalue weighted by molar-refractivity contribution is 7.80. The monoisotopic (exact) mass is 313 g/mol. The van der Waals surface area contributed by atoms with Gasteiger partial charge in [0, 0.05) is 5.69 Å². The first-order valence-corrected chi connectivity index (χ1v) is 7.97. The number of anilines is 1. The topological polar surface area (TPSA) is 21.3 Å². The van der Waals surface area contributed by atoms with Crippen molar-refractivity contribution in [3.05, 3.63) is 54.1 Å². The van der Waals surface area contributed by atoms with Crippen molar-refractivity contribution >= 4 is 22.9 Å². The average molecular weight is 313 g/mol. The molecule has 116 valence electrons. The molecule has 0 unspecified atom stereocenters. The highest BCUT2D eigenvalue weighted by Gasteiger charge is 2.17. The van der Waals surface area contributed by atoms with E-state index in [0.717, 1.165) is 28.6 Å². The van der Waals surface area contributed by atoms with Crippen LogP contribution in [0.2, 0.25) is 0 Å². The summed E-state index contributed by atoms with van der Waals surface area (Å²) in [7, 11) is 0. The zero-order chi connectivity index (χ0) is 16.2. The molecule has 0 bridgehead atoms. The van der Waals surface area contributed by atoms with Gasteiger partial charge in [-0.25, -0.2) is 0 Å². The summed E-state index contributed by atoms with van der Waals surface area (Å²) in [5.74, 6) is 1.66. The fraction of sp³-hybridized carbons (Fsp3) is 0.316. The van der Waals surface area contributed by atoms with Crippen molar-refractivity contribution in [3.63, 3.8) is 0 Å². The predicted octanol–water partition coefficient (Wildman–Crippen LogP) is 5.93. The van der Waals surface area contributed by atoms with E-state index in [0.29, 0.717) is 0 Å². The van der Waals surface area contributed by atoms with Crippen LogP contribution < -0.4 is 10.1 Å². The van der Waals surface area contributed by atoms with Crippen LogP contribution in [0.1, 0.15) is 39.7 Å². The lowest BCUT2D eigenvalue weighted by Crippen LogP contribution is -2.14. The lowest BCUT2D eigenvalue weighted by atomic mass is 9.82. The number of thiocarbonyl (C=S) groups is 1. The molecule has 0 aliphatic rings. The Balaban J connectivity index is 2.06. The average Bonchev–Trinajstić information content (AvgIpc) is 2.49. The van der Waals surface area contributed by atoms with E-state index in [2.05, 4.69) is 38.2 Å². The standard InChI is InChI=1S/C19H23NOS/c1-5-19(3,4)15-6-10-17(11-7-15)21-18-12-8-16(9-13-18)20-14(2)22/h6-13H,5H2,1-4H3,(H,20,22). The third-order valence-electron chi connectivity index (χ3n) is 3.93. The molecule has 0 fully saturated rings. The first-order chi connectivity index (χ1) is 10.4. The van der Waals surface area contributed by atoms with Crippen molar-refractivity contribution in [2.24, 2.45) is 0 Å². The van der Waals surface area contributed by atoms with E-state index in [1.165, 1.54) is 5.56 Å². The van der Waals surface area contributed by atoms with Crippen molar-refractivity contribution in [2.45, 2.75) is 39.5 Å². The molecule has 0 saturated carbocycles. The van der Waals surface area contributed by atoms with Crippen molar-refractivity contribution in [2.75, 3.05) is 5.32 Å². The summed E-state index contributed by atoms with van der Waals surface area (Å²) >= 11 is 5.03. The van der Waals surface area contributed by atoms with Crippen LogP contribution in [0.25, 0.3) is 0 Å². The minimum absolute atomic E-state index is 0.199. The van der Waals surface area contributed by atoms with E-state index in [1.807, 2.05) is 43.3 Å². The van der Waals surface area contributed by atoms with Gasteiger partial charge in [-0.05, 0) is 60.7 Å². The third kappa shape index (κ3) is 4.31. The normalized spacial score (nSPS) is 11.1. The van der Waals surface area contributed by atoms with Crippen molar-refractivity contribution in [1.82, 2.24) is 0 Å². The van der Waals surface area contributed by atoms with E-state index in [-0.39, 0.29) is 5.41 Å². The van der Waals surface area contributed by atoms with Crippen LogP contribution >= 0.6 is 12.2 Å². The van der Waals surface area contributed by atoms with Gasteiger partial charge in [0.25, 0.3) is 0 Å². The summed E-state index contributed by atoms with van der Waals surface area (Å²) in [6, 6.07) is 16.1. The summed E-state index contributed by atoms with van der Waals surface area (Å²) in [5.41, 5.74) is 2.50. The number of benzene rings is 2. The SMILES string of the molecule is CCC(C)(C)c1ccc(Oc2ccc(NC(C)=S)cc2)cc1. The van der Waals surface area contributed by atoms with E-state index in [4.69, 9.17) is 17.0 Å². The molecule has 1 N–H and O–H groups in total. The van der Waals surface area contributed by atoms with E-state index >= 15 is 0 Å². The molecule has 2 rings (SSSR count). The van der Waals surface area contributed by atoms with E-state index in [1.54, 1.807) is 0 Å². The van der Waals surface area contributed by atoms with Crippen LogP contribution in [0.5, 0.6) is 11.5 Å². The van der Waals surface area contributed by atoms with Crippen LogP contribution in [0.15, 0.2) is 48.5 Å². The third-order valence-corrected chi connectivity index (χ3v) is 4.03. The van der Waals surface area contributed by atoms with Gasteiger partial charge in [-0.1, -0.05) is 45.1 Å². The minimum atomic E-state index is 0.199. The Morgan fingerprint density at radius 1 is 1.00 bits per heavy atom. The van der Waals surface area contributed by atoms with Crippen molar-refractivity contribution in [3.8, 4) is 11.5 Å². The van der Waals surface area contributed by atoms with Crippen molar-refractivity contribution in [1.29, 1.82) is 0 Å². The molecular weight excluding hydrogens is 290 g/mol. The Hall–Kier alpha value is -1.87. The van der Waals surface area contributed by atoms with Gasteiger partial charge in [0.1, 0.15) is 11.5 Å². The van der Waals surface area contributed by atoms with Crippen molar-refractivity contribution < 1.29 is 4.74 Å². The maximum Gasteiger partial charge on any atom is 0.127 e. The highest BCUT2D eigenvalue weighted by atomic mass is 32.1. The molecule has 0 spiro atoms. The molecule has 0 aliphatic heterocycles. The first kappa shape index (κ1) is 16.5. The smallest absolute Gasteiger partial charge is 0.127 e. The summed E-state index contributed by atoms with van der Waals surface area (Å²) in [5, 5.41) is 3.10. The van der Waals surface area contributed by atoms with Gasteiger partial charge in [-0.2, -0.15) is 0 Å². The summed E-state index contributed by atoms with van der Waals surface area (Å²) < 4.78 is 5.88. The quantitative estimate of drug-likeness (QED) is 0.692. The highest BCUT2D eigenvalue weighted by Crippen LogP contribution is 2.29. The van der Waals surface area contributed by atoms with Gasteiger partial charge >= 0.3 is 0 Å². The second kappa shape index (κ2) is 6.93. The molecule has 0 atom stereocenters. The van der Waals surface area contributed by atoms with Gasteiger partial charge in [-0.15, -0.1) is 0 Å². The van der Waals surface area contributed by atoms with Gasteiger partial charge in [0.05, 0.1) is 4.99 Å². The molecule has 0 amide bonds. The van der Waals surface area contributed by atoms with Gasteiger partial charge in [0.2, 0.25) is 0 Å². The van der Waals surface area contributed by atoms with Crippen LogP contribution in [0.3, 0.4) is 0 Å². The molecule has 3 heteroatoms. The lowest BCUT2D eigenvalue weighted by molar-refractivity contribution is 0.478. The molecule has 0 aliphatic carbocycles. The van der Waals surface area contributed by atoms with Crippen LogP contribution in [0.4, 0.5) is 5.69 Å². The maximum absolute atomic E-state index is 5.88. The second-order valence-electron chi connectivity index (χ2n) is 6.07. The first-order valence-electron chi connectivity index (χ1n) is 7.57. The molecule has 0 heterocycles. The number of rotatable bonds is 5. The molecule has 2 nitrogen and oxygen atoms in total. The van der Waals surface area contributed by atoms with Gasteiger partial charge in [0.15, 0.2) is 0 Å². The molecule has 22 heavy (non-hydrogen) atoms. The number of hydrogen-bond donors (Lipinski definition) is 1. The Morgan fingerprint density at radius 2 is 1.50 bits per heavy atom. The number of hydrogen-bond acceptors (Lipinski definition) is 2. The van der Waals surface area contributed by atoms with Crippen LogP contribution in [-0.4, -0.2) is 4.99 Å². The fourth-order valence-electron chi connectivity index (χ4n) is 2.12. The second-order valence-corrected chi connectivity index (χ2v) is 6.68. The Morgan fingerprint density at radius 3 is 1.95 bits per heavy atom. The maximum atomic E-state index is 5.88. The van der Waals surface area contributed by atoms with Crippen LogP contribution in [0, 0.1) is 0 Å². The molecule has 0 saturated heterocycles. The number of nitrogens with one attached hydrogen (secondary N) is 1. The van der Waals surface area contributed by atoms with Gasteiger partial charge < -0.3 is 10.1 Å². The van der Waals surface area contributed by atoms with Crippen LogP contribution in [-0.2, 0) is 5.41 Å². The minimum Gasteiger partial charge on any atom is -0.457 e. The zero-order valence-electron chi connectivity index (χ0n) is 13.6. The molecule has 0 radical (unpaired) electrons. The molecule has 2 aromatic carbocycles. The molecular formula is C19H23NOS. The Kier molecular flexibility index (Phi) is 5.19. The fourth-order valence-corrected chi connectivity index (χ4v) is 2.24. The predicted molar refractivity (Wildman–Crippen MR) is 98.2 cm³/mol. The molecule has 2 aromatic rings. The summed E-state index contributed by atoms with van der Waals surface area (Å²) in [6.45, 7) is 8.58. The van der Waals surface area contributed by atoms with E-state index in [9.17, 15) is 0 Å². The largest absolute Gasteiger partial charge is 0.457 e. The Labute approximate surface area is 138 Å². The summed E-state index contributed by atoms with van der Waals surface area (Å²) in [4.78, 5) is 0.753. The lowest BCUT2D eigenvalue weighted by Gasteiger charge is -2.23. The molecule has 0 aromatic heterocycles. The van der Waals surface area contributed by atoms with Gasteiger partial charge in [-0.3, -0.25) is 0 Å². The zero-order valence-corrected chi connectivity index (χ0v) is 14.5. The van der Waals surface area contributed by atoms with E-state index < -0.39 is 0 Å². The Bertz CT molecular complexity index is 629.